The van der Waals surface area contributed by atoms with Crippen molar-refractivity contribution in [2.24, 2.45) is 0 Å². The highest BCUT2D eigenvalue weighted by molar-refractivity contribution is 5.66. The van der Waals surface area contributed by atoms with E-state index in [1.165, 1.54) is 11.1 Å². The molecule has 0 saturated carbocycles. The van der Waals surface area contributed by atoms with E-state index in [1.807, 2.05) is 18.2 Å². The Hall–Kier alpha value is -2.82. The highest BCUT2D eigenvalue weighted by Crippen LogP contribution is 2.29. The third-order valence-electron chi connectivity index (χ3n) is 3.87. The van der Waals surface area contributed by atoms with Crippen molar-refractivity contribution >= 4 is 17.3 Å². The number of hydrogen-bond acceptors (Lipinski definition) is 5. The Kier molecular flexibility index (Phi) is 4.79. The molecule has 0 aliphatic rings. The van der Waals surface area contributed by atoms with Crippen molar-refractivity contribution in [3.8, 4) is 0 Å². The van der Waals surface area contributed by atoms with Crippen molar-refractivity contribution in [1.29, 1.82) is 0 Å². The number of furan rings is 1. The number of aryl methyl sites for hydroxylation is 1. The first-order chi connectivity index (χ1) is 11.6. The third-order valence-corrected chi connectivity index (χ3v) is 3.87. The fourth-order valence-corrected chi connectivity index (χ4v) is 2.58. The van der Waals surface area contributed by atoms with Gasteiger partial charge >= 0.3 is 0 Å². The molecule has 0 saturated heterocycles. The van der Waals surface area contributed by atoms with E-state index in [0.29, 0.717) is 12.5 Å². The summed E-state index contributed by atoms with van der Waals surface area (Å²) in [6, 6.07) is 12.0. The Balaban J connectivity index is 1.78. The Morgan fingerprint density at radius 3 is 2.67 bits per heavy atom. The minimum atomic E-state index is 0.436. The number of rotatable bonds is 6. The largest absolute Gasteiger partial charge is 0.467 e. The van der Waals surface area contributed by atoms with Crippen molar-refractivity contribution in [3.63, 3.8) is 0 Å². The van der Waals surface area contributed by atoms with E-state index in [4.69, 9.17) is 4.42 Å². The Morgan fingerprint density at radius 2 is 1.92 bits per heavy atom. The minimum absolute atomic E-state index is 0.436. The second-order valence-electron chi connectivity index (χ2n) is 6.04. The summed E-state index contributed by atoms with van der Waals surface area (Å²) in [6.07, 6.45) is 3.22. The van der Waals surface area contributed by atoms with Crippen LogP contribution in [-0.4, -0.2) is 9.97 Å². The number of anilines is 3. The molecule has 24 heavy (non-hydrogen) atoms. The average Bonchev–Trinajstić information content (AvgIpc) is 3.08. The first-order valence-corrected chi connectivity index (χ1v) is 8.08. The first kappa shape index (κ1) is 16.1. The molecule has 2 N–H and O–H groups in total. The molecule has 124 valence electrons. The molecule has 0 amide bonds. The van der Waals surface area contributed by atoms with Crippen LogP contribution in [0.3, 0.4) is 0 Å². The SMILES string of the molecule is Cc1cccc(C(C)C)c1Nc1cc(NCc2ccco2)ncn1. The molecule has 2 aromatic heterocycles. The van der Waals surface area contributed by atoms with Crippen molar-refractivity contribution in [1.82, 2.24) is 9.97 Å². The van der Waals surface area contributed by atoms with E-state index < -0.39 is 0 Å². The monoisotopic (exact) mass is 322 g/mol. The fraction of sp³-hybridized carbons (Fsp3) is 0.263. The predicted octanol–water partition coefficient (Wildman–Crippen LogP) is 4.86. The van der Waals surface area contributed by atoms with Crippen LogP contribution < -0.4 is 10.6 Å². The van der Waals surface area contributed by atoms with Gasteiger partial charge in [-0.2, -0.15) is 0 Å². The number of benzene rings is 1. The van der Waals surface area contributed by atoms with E-state index in [-0.39, 0.29) is 0 Å². The van der Waals surface area contributed by atoms with Crippen molar-refractivity contribution < 1.29 is 4.42 Å². The Morgan fingerprint density at radius 1 is 1.08 bits per heavy atom. The van der Waals surface area contributed by atoms with Gasteiger partial charge in [0.15, 0.2) is 0 Å². The van der Waals surface area contributed by atoms with Gasteiger partial charge in [0.05, 0.1) is 12.8 Å². The maximum absolute atomic E-state index is 5.32. The van der Waals surface area contributed by atoms with Gasteiger partial charge in [-0.1, -0.05) is 32.0 Å². The molecule has 5 nitrogen and oxygen atoms in total. The van der Waals surface area contributed by atoms with Gasteiger partial charge in [0.2, 0.25) is 0 Å². The lowest BCUT2D eigenvalue weighted by Gasteiger charge is -2.17. The number of nitrogens with zero attached hydrogens (tertiary/aromatic N) is 2. The molecule has 0 unspecified atom stereocenters. The van der Waals surface area contributed by atoms with Crippen LogP contribution in [0.5, 0.6) is 0 Å². The number of hydrogen-bond donors (Lipinski definition) is 2. The standard InChI is InChI=1S/C19H22N4O/c1-13(2)16-8-4-6-14(3)19(16)23-18-10-17(21-12-22-18)20-11-15-7-5-9-24-15/h4-10,12-13H,11H2,1-3H3,(H2,20,21,22,23). The lowest BCUT2D eigenvalue weighted by molar-refractivity contribution is 0.518. The van der Waals surface area contributed by atoms with Gasteiger partial charge in [0.1, 0.15) is 23.7 Å². The van der Waals surface area contributed by atoms with Gasteiger partial charge in [0.25, 0.3) is 0 Å². The zero-order valence-electron chi connectivity index (χ0n) is 14.2. The molecule has 0 aliphatic heterocycles. The summed E-state index contributed by atoms with van der Waals surface area (Å²) < 4.78 is 5.32. The number of para-hydroxylation sites is 1. The molecule has 0 fully saturated rings. The fourth-order valence-electron chi connectivity index (χ4n) is 2.58. The van der Waals surface area contributed by atoms with Crippen LogP contribution in [0.4, 0.5) is 17.3 Å². The van der Waals surface area contributed by atoms with Gasteiger partial charge in [-0.25, -0.2) is 9.97 Å². The van der Waals surface area contributed by atoms with Gasteiger partial charge in [-0.05, 0) is 36.1 Å². The van der Waals surface area contributed by atoms with Gasteiger partial charge in [0, 0.05) is 11.8 Å². The van der Waals surface area contributed by atoms with E-state index in [1.54, 1.807) is 12.6 Å². The maximum atomic E-state index is 5.32. The Bertz CT molecular complexity index is 797. The van der Waals surface area contributed by atoms with Crippen LogP contribution in [0.2, 0.25) is 0 Å². The van der Waals surface area contributed by atoms with Gasteiger partial charge in [-0.3, -0.25) is 0 Å². The van der Waals surface area contributed by atoms with Crippen molar-refractivity contribution in [3.05, 3.63) is 65.9 Å². The molecule has 0 radical (unpaired) electrons. The summed E-state index contributed by atoms with van der Waals surface area (Å²) in [5.41, 5.74) is 3.59. The molecule has 1 aromatic carbocycles. The normalized spacial score (nSPS) is 10.8. The predicted molar refractivity (Wildman–Crippen MR) is 96.6 cm³/mol. The topological polar surface area (TPSA) is 63.0 Å². The zero-order valence-corrected chi connectivity index (χ0v) is 14.2. The lowest BCUT2D eigenvalue weighted by atomic mass is 9.98. The highest BCUT2D eigenvalue weighted by Gasteiger charge is 2.10. The summed E-state index contributed by atoms with van der Waals surface area (Å²) in [7, 11) is 0. The van der Waals surface area contributed by atoms with Crippen molar-refractivity contribution in [2.75, 3.05) is 10.6 Å². The number of aromatic nitrogens is 2. The summed E-state index contributed by atoms with van der Waals surface area (Å²) in [6.45, 7) is 7.07. The van der Waals surface area contributed by atoms with Crippen LogP contribution in [0.15, 0.2) is 53.4 Å². The quantitative estimate of drug-likeness (QED) is 0.679. The van der Waals surface area contributed by atoms with Crippen molar-refractivity contribution in [2.45, 2.75) is 33.2 Å². The van der Waals surface area contributed by atoms with Crippen LogP contribution in [0.25, 0.3) is 0 Å². The molecule has 0 bridgehead atoms. The smallest absolute Gasteiger partial charge is 0.135 e. The van der Waals surface area contributed by atoms with Crippen LogP contribution in [0, 0.1) is 6.92 Å². The summed E-state index contributed by atoms with van der Waals surface area (Å²) >= 11 is 0. The first-order valence-electron chi connectivity index (χ1n) is 8.08. The molecule has 0 atom stereocenters. The van der Waals surface area contributed by atoms with E-state index in [2.05, 4.69) is 59.6 Å². The molecule has 2 heterocycles. The highest BCUT2D eigenvalue weighted by atomic mass is 16.3. The van der Waals surface area contributed by atoms with Crippen LogP contribution in [0.1, 0.15) is 36.7 Å². The maximum Gasteiger partial charge on any atom is 0.135 e. The molecule has 0 spiro atoms. The van der Waals surface area contributed by atoms with Gasteiger partial charge < -0.3 is 15.1 Å². The second kappa shape index (κ2) is 7.17. The minimum Gasteiger partial charge on any atom is -0.467 e. The summed E-state index contributed by atoms with van der Waals surface area (Å²) in [4.78, 5) is 8.59. The second-order valence-corrected chi connectivity index (χ2v) is 6.04. The lowest BCUT2D eigenvalue weighted by Crippen LogP contribution is -2.04. The summed E-state index contributed by atoms with van der Waals surface area (Å²) in [5, 5.41) is 6.68. The molecular formula is C19H22N4O. The van der Waals surface area contributed by atoms with E-state index in [9.17, 15) is 0 Å². The third kappa shape index (κ3) is 3.74. The van der Waals surface area contributed by atoms with E-state index >= 15 is 0 Å². The molecule has 5 heteroatoms. The average molecular weight is 322 g/mol. The van der Waals surface area contributed by atoms with E-state index in [0.717, 1.165) is 23.1 Å². The number of nitrogens with one attached hydrogen (secondary N) is 2. The van der Waals surface area contributed by atoms with Crippen LogP contribution in [-0.2, 0) is 6.54 Å². The van der Waals surface area contributed by atoms with Gasteiger partial charge in [-0.15, -0.1) is 0 Å². The molecule has 3 aromatic rings. The zero-order chi connectivity index (χ0) is 16.9. The molecule has 3 rings (SSSR count). The van der Waals surface area contributed by atoms with Crippen LogP contribution >= 0.6 is 0 Å². The summed E-state index contributed by atoms with van der Waals surface area (Å²) in [5.74, 6) is 2.82. The molecule has 0 aliphatic carbocycles. The Labute approximate surface area is 142 Å². The molecular weight excluding hydrogens is 300 g/mol.